The molecule has 0 bridgehead atoms. The maximum absolute atomic E-state index is 13.4. The lowest BCUT2D eigenvalue weighted by molar-refractivity contribution is -0.387. The fourth-order valence-corrected chi connectivity index (χ4v) is 1.19. The normalized spacial score (nSPS) is 9.80. The standard InChI is InChI=1S/C8H5ClFNO4/c1-15-8(12)6-4(9)2-3-5(7(6)10)11(13)14/h2-3H,1H3. The molecule has 0 spiro atoms. The van der Waals surface area contributed by atoms with Crippen molar-refractivity contribution >= 4 is 23.3 Å². The fourth-order valence-electron chi connectivity index (χ4n) is 0.972. The van der Waals surface area contributed by atoms with Crippen LogP contribution < -0.4 is 0 Å². The van der Waals surface area contributed by atoms with Gasteiger partial charge in [-0.2, -0.15) is 4.39 Å². The van der Waals surface area contributed by atoms with Crippen molar-refractivity contribution in [2.45, 2.75) is 0 Å². The fraction of sp³-hybridized carbons (Fsp3) is 0.125. The molecule has 5 nitrogen and oxygen atoms in total. The first-order valence-corrected chi connectivity index (χ1v) is 4.07. The molecule has 1 aromatic carbocycles. The molecule has 0 amide bonds. The average molecular weight is 234 g/mol. The van der Waals surface area contributed by atoms with Gasteiger partial charge in [0.05, 0.1) is 17.1 Å². The predicted octanol–water partition coefficient (Wildman–Crippen LogP) is 2.17. The maximum Gasteiger partial charge on any atom is 0.342 e. The monoisotopic (exact) mass is 233 g/mol. The van der Waals surface area contributed by atoms with Gasteiger partial charge in [-0.05, 0) is 6.07 Å². The molecule has 0 aliphatic carbocycles. The molecule has 0 heterocycles. The molecule has 7 heteroatoms. The van der Waals surface area contributed by atoms with Crippen molar-refractivity contribution in [3.05, 3.63) is 38.7 Å². The van der Waals surface area contributed by atoms with E-state index in [1.165, 1.54) is 0 Å². The van der Waals surface area contributed by atoms with Gasteiger partial charge < -0.3 is 4.74 Å². The second-order valence-electron chi connectivity index (χ2n) is 2.50. The number of carbonyl (C=O) groups excluding carboxylic acids is 1. The number of carbonyl (C=O) groups is 1. The van der Waals surface area contributed by atoms with Crippen LogP contribution in [-0.4, -0.2) is 18.0 Å². The Labute approximate surface area is 88.6 Å². The van der Waals surface area contributed by atoms with E-state index in [2.05, 4.69) is 4.74 Å². The van der Waals surface area contributed by atoms with Gasteiger partial charge in [0.1, 0.15) is 5.56 Å². The van der Waals surface area contributed by atoms with Crippen molar-refractivity contribution in [3.63, 3.8) is 0 Å². The van der Waals surface area contributed by atoms with E-state index in [1.54, 1.807) is 0 Å². The molecule has 0 N–H and O–H groups in total. The van der Waals surface area contributed by atoms with Crippen molar-refractivity contribution in [2.24, 2.45) is 0 Å². The van der Waals surface area contributed by atoms with Gasteiger partial charge in [0.25, 0.3) is 0 Å². The first-order chi connectivity index (χ1) is 6.99. The highest BCUT2D eigenvalue weighted by Gasteiger charge is 2.25. The number of nitro benzene ring substituents is 1. The second kappa shape index (κ2) is 4.22. The highest BCUT2D eigenvalue weighted by molar-refractivity contribution is 6.33. The van der Waals surface area contributed by atoms with E-state index in [-0.39, 0.29) is 5.02 Å². The molecule has 0 aliphatic heterocycles. The molecule has 0 aromatic heterocycles. The highest BCUT2D eigenvalue weighted by Crippen LogP contribution is 2.27. The van der Waals surface area contributed by atoms with E-state index in [0.717, 1.165) is 19.2 Å². The van der Waals surface area contributed by atoms with E-state index in [4.69, 9.17) is 11.6 Å². The number of nitro groups is 1. The summed E-state index contributed by atoms with van der Waals surface area (Å²) in [5, 5.41) is 10.1. The van der Waals surface area contributed by atoms with Crippen LogP contribution in [0.25, 0.3) is 0 Å². The van der Waals surface area contributed by atoms with E-state index in [1.807, 2.05) is 0 Å². The lowest BCUT2D eigenvalue weighted by atomic mass is 10.2. The molecule has 0 fully saturated rings. The molecule has 0 aliphatic rings. The lowest BCUT2D eigenvalue weighted by Gasteiger charge is -2.03. The molecule has 1 aromatic rings. The summed E-state index contributed by atoms with van der Waals surface area (Å²) in [6, 6.07) is 1.94. The molecule has 80 valence electrons. The zero-order valence-corrected chi connectivity index (χ0v) is 8.25. The summed E-state index contributed by atoms with van der Waals surface area (Å²) in [6.07, 6.45) is 0. The third-order valence-electron chi connectivity index (χ3n) is 1.66. The van der Waals surface area contributed by atoms with Gasteiger partial charge in [-0.1, -0.05) is 11.6 Å². The Morgan fingerprint density at radius 3 is 2.67 bits per heavy atom. The molecule has 15 heavy (non-hydrogen) atoms. The Balaban J connectivity index is 3.43. The number of halogens is 2. The first-order valence-electron chi connectivity index (χ1n) is 3.69. The quantitative estimate of drug-likeness (QED) is 0.446. The van der Waals surface area contributed by atoms with Gasteiger partial charge in [0, 0.05) is 6.07 Å². The summed E-state index contributed by atoms with van der Waals surface area (Å²) in [7, 11) is 1.02. The van der Waals surface area contributed by atoms with Crippen LogP contribution in [0.5, 0.6) is 0 Å². The molecule has 0 radical (unpaired) electrons. The minimum Gasteiger partial charge on any atom is -0.465 e. The van der Waals surface area contributed by atoms with E-state index < -0.39 is 28.0 Å². The summed E-state index contributed by atoms with van der Waals surface area (Å²) < 4.78 is 17.6. The van der Waals surface area contributed by atoms with Gasteiger partial charge in [0.15, 0.2) is 0 Å². The summed E-state index contributed by atoms with van der Waals surface area (Å²) in [4.78, 5) is 20.5. The van der Waals surface area contributed by atoms with Crippen molar-refractivity contribution in [3.8, 4) is 0 Å². The number of hydrogen-bond donors (Lipinski definition) is 0. The third-order valence-corrected chi connectivity index (χ3v) is 1.97. The van der Waals surface area contributed by atoms with Crippen LogP contribution in [0.4, 0.5) is 10.1 Å². The SMILES string of the molecule is COC(=O)c1c(Cl)ccc([N+](=O)[O-])c1F. The van der Waals surface area contributed by atoms with Crippen molar-refractivity contribution in [2.75, 3.05) is 7.11 Å². The van der Waals surface area contributed by atoms with Gasteiger partial charge in [-0.15, -0.1) is 0 Å². The molecule has 0 saturated carbocycles. The smallest absolute Gasteiger partial charge is 0.342 e. The Hall–Kier alpha value is -1.69. The zero-order chi connectivity index (χ0) is 11.6. The Morgan fingerprint density at radius 1 is 1.60 bits per heavy atom. The largest absolute Gasteiger partial charge is 0.465 e. The number of methoxy groups -OCH3 is 1. The maximum atomic E-state index is 13.4. The van der Waals surface area contributed by atoms with Crippen LogP contribution >= 0.6 is 11.6 Å². The van der Waals surface area contributed by atoms with Crippen LogP contribution in [0.1, 0.15) is 10.4 Å². The number of esters is 1. The Morgan fingerprint density at radius 2 is 2.20 bits per heavy atom. The van der Waals surface area contributed by atoms with Crippen LogP contribution in [0, 0.1) is 15.9 Å². The number of rotatable bonds is 2. The molecule has 0 saturated heterocycles. The van der Waals surface area contributed by atoms with E-state index in [9.17, 15) is 19.3 Å². The predicted molar refractivity (Wildman–Crippen MR) is 49.4 cm³/mol. The summed E-state index contributed by atoms with van der Waals surface area (Å²) in [5.41, 5.74) is -1.45. The zero-order valence-electron chi connectivity index (χ0n) is 7.49. The van der Waals surface area contributed by atoms with E-state index >= 15 is 0 Å². The van der Waals surface area contributed by atoms with Crippen LogP contribution in [0.3, 0.4) is 0 Å². The second-order valence-corrected chi connectivity index (χ2v) is 2.91. The first kappa shape index (κ1) is 11.4. The Bertz CT molecular complexity index is 435. The molecule has 0 atom stereocenters. The number of hydrogen-bond acceptors (Lipinski definition) is 4. The minimum absolute atomic E-state index is 0.232. The molecular formula is C8H5ClFNO4. The van der Waals surface area contributed by atoms with Crippen LogP contribution in [-0.2, 0) is 4.74 Å². The topological polar surface area (TPSA) is 69.4 Å². The van der Waals surface area contributed by atoms with Crippen molar-refractivity contribution in [1.29, 1.82) is 0 Å². The minimum atomic E-state index is -1.29. The van der Waals surface area contributed by atoms with Gasteiger partial charge in [-0.3, -0.25) is 10.1 Å². The van der Waals surface area contributed by atoms with Crippen molar-refractivity contribution in [1.82, 2.24) is 0 Å². The van der Waals surface area contributed by atoms with Gasteiger partial charge >= 0.3 is 11.7 Å². The summed E-state index contributed by atoms with van der Waals surface area (Å²) in [5.74, 6) is -2.35. The molecule has 1 rings (SSSR count). The number of nitrogens with zero attached hydrogens (tertiary/aromatic N) is 1. The van der Waals surface area contributed by atoms with Gasteiger partial charge in [0.2, 0.25) is 5.82 Å². The summed E-state index contributed by atoms with van der Waals surface area (Å²) >= 11 is 5.52. The van der Waals surface area contributed by atoms with Crippen LogP contribution in [0.2, 0.25) is 5.02 Å². The number of benzene rings is 1. The number of ether oxygens (including phenoxy) is 1. The van der Waals surface area contributed by atoms with E-state index in [0.29, 0.717) is 0 Å². The Kier molecular flexibility index (Phi) is 3.21. The molecule has 0 unspecified atom stereocenters. The third kappa shape index (κ3) is 2.04. The lowest BCUT2D eigenvalue weighted by Crippen LogP contribution is -2.07. The summed E-state index contributed by atoms with van der Waals surface area (Å²) in [6.45, 7) is 0. The van der Waals surface area contributed by atoms with Crippen molar-refractivity contribution < 1.29 is 18.8 Å². The highest BCUT2D eigenvalue weighted by atomic mass is 35.5. The van der Waals surface area contributed by atoms with Crippen LogP contribution in [0.15, 0.2) is 12.1 Å². The molecular weight excluding hydrogens is 229 g/mol. The average Bonchev–Trinajstić information content (AvgIpc) is 2.16. The van der Waals surface area contributed by atoms with Gasteiger partial charge in [-0.25, -0.2) is 4.79 Å².